The molecule has 0 heterocycles. The maximum Gasteiger partial charge on any atom is 0.489 e. The third-order valence-corrected chi connectivity index (χ3v) is 3.02. The van der Waals surface area contributed by atoms with Gasteiger partial charge in [0.2, 0.25) is 0 Å². The summed E-state index contributed by atoms with van der Waals surface area (Å²) in [6.45, 7) is 0. The van der Waals surface area contributed by atoms with Crippen LogP contribution in [0.3, 0.4) is 0 Å². The minimum absolute atomic E-state index is 0.0672. The molecule has 0 bridgehead atoms. The monoisotopic (exact) mass is 326 g/mol. The van der Waals surface area contributed by atoms with Crippen molar-refractivity contribution in [3.05, 3.63) is 20.8 Å². The van der Waals surface area contributed by atoms with Crippen molar-refractivity contribution in [3.63, 3.8) is 0 Å². The average Bonchev–Trinajstić information content (AvgIpc) is 2.12. The molecule has 7 heteroatoms. The van der Waals surface area contributed by atoms with Crippen molar-refractivity contribution in [1.29, 1.82) is 0 Å². The van der Waals surface area contributed by atoms with E-state index in [1.54, 1.807) is 0 Å². The van der Waals surface area contributed by atoms with E-state index >= 15 is 0 Å². The summed E-state index contributed by atoms with van der Waals surface area (Å²) in [7, 11) is -0.390. The molecule has 1 aromatic carbocycles. The summed E-state index contributed by atoms with van der Waals surface area (Å²) in [5.41, 5.74) is 0.134. The second kappa shape index (κ2) is 4.61. The Morgan fingerprint density at radius 3 is 2.43 bits per heavy atom. The molecule has 0 radical (unpaired) electrons. The number of methoxy groups -OCH3 is 1. The van der Waals surface area contributed by atoms with Gasteiger partial charge in [0, 0.05) is 5.46 Å². The summed E-state index contributed by atoms with van der Waals surface area (Å²) in [5, 5.41) is 17.9. The number of hydrogen-bond donors (Lipinski definition) is 2. The van der Waals surface area contributed by atoms with Gasteiger partial charge in [-0.3, -0.25) is 0 Å². The van der Waals surface area contributed by atoms with Crippen LogP contribution in [0.25, 0.3) is 0 Å². The molecule has 1 aromatic rings. The highest BCUT2D eigenvalue weighted by atomic mass is 79.9. The lowest BCUT2D eigenvalue weighted by Gasteiger charge is -2.10. The van der Waals surface area contributed by atoms with Gasteiger partial charge in [0.15, 0.2) is 11.6 Å². The van der Waals surface area contributed by atoms with Crippen LogP contribution in [0.2, 0.25) is 0 Å². The molecular weight excluding hydrogens is 322 g/mol. The van der Waals surface area contributed by atoms with Crippen LogP contribution in [0.15, 0.2) is 15.0 Å². The Bertz CT molecular complexity index is 359. The van der Waals surface area contributed by atoms with Crippen LogP contribution in [0.1, 0.15) is 0 Å². The third kappa shape index (κ3) is 2.11. The Morgan fingerprint density at radius 1 is 1.43 bits per heavy atom. The predicted molar refractivity (Wildman–Crippen MR) is 58.2 cm³/mol. The molecule has 1 rings (SSSR count). The quantitative estimate of drug-likeness (QED) is 0.630. The van der Waals surface area contributed by atoms with Crippen LogP contribution in [0.5, 0.6) is 5.75 Å². The number of halogens is 3. The van der Waals surface area contributed by atoms with Crippen LogP contribution in [-0.4, -0.2) is 24.3 Å². The molecule has 2 N–H and O–H groups in total. The smallest absolute Gasteiger partial charge is 0.489 e. The topological polar surface area (TPSA) is 49.7 Å². The normalized spacial score (nSPS) is 10.1. The molecule has 0 saturated heterocycles. The number of benzene rings is 1. The highest BCUT2D eigenvalue weighted by Gasteiger charge is 2.22. The molecule has 0 aliphatic rings. The Hall–Kier alpha value is -0.105. The van der Waals surface area contributed by atoms with Crippen molar-refractivity contribution in [2.24, 2.45) is 0 Å². The van der Waals surface area contributed by atoms with Crippen molar-refractivity contribution in [1.82, 2.24) is 0 Å². The summed E-state index contributed by atoms with van der Waals surface area (Å²) in [6.07, 6.45) is 0. The maximum absolute atomic E-state index is 13.3. The van der Waals surface area contributed by atoms with Crippen molar-refractivity contribution in [3.8, 4) is 5.75 Å². The number of ether oxygens (including phenoxy) is 1. The van der Waals surface area contributed by atoms with Gasteiger partial charge in [-0.05, 0) is 37.9 Å². The SMILES string of the molecule is COc1c(F)c(Br)cc(B(O)O)c1Br. The fraction of sp³-hybridized carbons (Fsp3) is 0.143. The van der Waals surface area contributed by atoms with Gasteiger partial charge >= 0.3 is 7.12 Å². The Morgan fingerprint density at radius 2 is 2.00 bits per heavy atom. The minimum Gasteiger partial charge on any atom is -0.492 e. The zero-order valence-electron chi connectivity index (χ0n) is 7.09. The van der Waals surface area contributed by atoms with E-state index in [1.807, 2.05) is 0 Å². The number of hydrogen-bond acceptors (Lipinski definition) is 3. The van der Waals surface area contributed by atoms with Gasteiger partial charge < -0.3 is 14.8 Å². The van der Waals surface area contributed by atoms with E-state index < -0.39 is 12.9 Å². The molecule has 0 aliphatic carbocycles. The van der Waals surface area contributed by atoms with Crippen LogP contribution in [-0.2, 0) is 0 Å². The van der Waals surface area contributed by atoms with Crippen LogP contribution >= 0.6 is 31.9 Å². The molecule has 0 spiro atoms. The van der Waals surface area contributed by atoms with Crippen molar-refractivity contribution in [2.75, 3.05) is 7.11 Å². The van der Waals surface area contributed by atoms with E-state index in [4.69, 9.17) is 14.8 Å². The lowest BCUT2D eigenvalue weighted by molar-refractivity contribution is 0.381. The van der Waals surface area contributed by atoms with E-state index in [-0.39, 0.29) is 20.2 Å². The molecule has 0 unspecified atom stereocenters. The van der Waals surface area contributed by atoms with E-state index in [0.29, 0.717) is 0 Å². The van der Waals surface area contributed by atoms with Crippen molar-refractivity contribution < 1.29 is 19.2 Å². The molecule has 0 amide bonds. The fourth-order valence-corrected chi connectivity index (χ4v) is 2.05. The summed E-state index contributed by atoms with van der Waals surface area (Å²) in [4.78, 5) is 0. The van der Waals surface area contributed by atoms with Gasteiger partial charge in [0.1, 0.15) is 0 Å². The summed E-state index contributed by atoms with van der Waals surface area (Å²) in [6, 6.07) is 1.27. The fourth-order valence-electron chi connectivity index (χ4n) is 0.966. The van der Waals surface area contributed by atoms with E-state index in [9.17, 15) is 4.39 Å². The lowest BCUT2D eigenvalue weighted by atomic mass is 9.80. The largest absolute Gasteiger partial charge is 0.492 e. The highest BCUT2D eigenvalue weighted by Crippen LogP contribution is 2.31. The second-order valence-electron chi connectivity index (χ2n) is 2.48. The van der Waals surface area contributed by atoms with Gasteiger partial charge in [-0.15, -0.1) is 0 Å². The molecular formula is C7H6BBr2FO3. The molecule has 14 heavy (non-hydrogen) atoms. The van der Waals surface area contributed by atoms with E-state index in [0.717, 1.165) is 0 Å². The van der Waals surface area contributed by atoms with Crippen molar-refractivity contribution in [2.45, 2.75) is 0 Å². The second-order valence-corrected chi connectivity index (χ2v) is 4.13. The maximum atomic E-state index is 13.3. The van der Waals surface area contributed by atoms with E-state index in [2.05, 4.69) is 31.9 Å². The first kappa shape index (κ1) is 12.0. The van der Waals surface area contributed by atoms with Gasteiger partial charge in [-0.1, -0.05) is 0 Å². The summed E-state index contributed by atoms with van der Waals surface area (Å²) < 4.78 is 18.4. The van der Waals surface area contributed by atoms with Gasteiger partial charge in [0.25, 0.3) is 0 Å². The molecule has 0 aliphatic heterocycles. The van der Waals surface area contributed by atoms with Crippen LogP contribution in [0.4, 0.5) is 4.39 Å². The molecule has 0 aromatic heterocycles. The van der Waals surface area contributed by atoms with Gasteiger partial charge in [-0.2, -0.15) is 0 Å². The zero-order chi connectivity index (χ0) is 10.9. The zero-order valence-corrected chi connectivity index (χ0v) is 10.3. The molecule has 0 saturated carbocycles. The van der Waals surface area contributed by atoms with Crippen molar-refractivity contribution >= 4 is 44.4 Å². The highest BCUT2D eigenvalue weighted by molar-refractivity contribution is 9.11. The summed E-state index contributed by atoms with van der Waals surface area (Å²) in [5.74, 6) is -0.661. The Balaban J connectivity index is 3.42. The summed E-state index contributed by atoms with van der Waals surface area (Å²) >= 11 is 5.96. The predicted octanol–water partition coefficient (Wildman–Crippen LogP) is 1.04. The van der Waals surface area contributed by atoms with Gasteiger partial charge in [0.05, 0.1) is 16.1 Å². The standard InChI is InChI=1S/C7H6BBr2FO3/c1-14-7-5(10)3(8(12)13)2-4(9)6(7)11/h2,12-13H,1H3. The molecule has 0 atom stereocenters. The first-order chi connectivity index (χ1) is 6.49. The third-order valence-electron chi connectivity index (χ3n) is 1.63. The van der Waals surface area contributed by atoms with Crippen LogP contribution < -0.4 is 10.2 Å². The Kier molecular flexibility index (Phi) is 3.94. The molecule has 0 fully saturated rings. The van der Waals surface area contributed by atoms with Crippen LogP contribution in [0, 0.1) is 5.82 Å². The minimum atomic E-state index is -1.69. The number of rotatable bonds is 2. The Labute approximate surface area is 97.3 Å². The van der Waals surface area contributed by atoms with E-state index in [1.165, 1.54) is 13.2 Å². The lowest BCUT2D eigenvalue weighted by Crippen LogP contribution is -2.31. The molecule has 3 nitrogen and oxygen atoms in total. The average molecular weight is 328 g/mol. The van der Waals surface area contributed by atoms with Gasteiger partial charge in [-0.25, -0.2) is 4.39 Å². The molecule has 76 valence electrons. The first-order valence-electron chi connectivity index (χ1n) is 3.56. The first-order valence-corrected chi connectivity index (χ1v) is 5.15.